The van der Waals surface area contributed by atoms with E-state index in [0.717, 1.165) is 35.2 Å². The molecule has 4 nitrogen and oxygen atoms in total. The van der Waals surface area contributed by atoms with Crippen molar-refractivity contribution < 1.29 is 14.3 Å². The second kappa shape index (κ2) is 7.71. The van der Waals surface area contributed by atoms with E-state index in [1.807, 2.05) is 53.4 Å². The summed E-state index contributed by atoms with van der Waals surface area (Å²) >= 11 is 3.38. The van der Waals surface area contributed by atoms with E-state index in [0.29, 0.717) is 5.75 Å². The van der Waals surface area contributed by atoms with Crippen LogP contribution in [0.4, 0.5) is 0 Å². The van der Waals surface area contributed by atoms with Crippen LogP contribution in [0.25, 0.3) is 0 Å². The van der Waals surface area contributed by atoms with Crippen molar-refractivity contribution in [3.63, 3.8) is 0 Å². The van der Waals surface area contributed by atoms with Crippen LogP contribution in [0.3, 0.4) is 0 Å². The molecule has 2 aromatic rings. The molecule has 126 valence electrons. The molecule has 2 aromatic carbocycles. The molecule has 0 spiro atoms. The Balaban J connectivity index is 1.63. The van der Waals surface area contributed by atoms with Crippen LogP contribution in [0.5, 0.6) is 11.5 Å². The first-order chi connectivity index (χ1) is 11.7. The fraction of sp³-hybridized carbons (Fsp3) is 0.316. The minimum atomic E-state index is 0.0243. The van der Waals surface area contributed by atoms with E-state index in [1.54, 1.807) is 7.11 Å². The third kappa shape index (κ3) is 3.90. The van der Waals surface area contributed by atoms with Crippen LogP contribution in [-0.2, 0) is 4.79 Å². The van der Waals surface area contributed by atoms with Crippen LogP contribution in [-0.4, -0.2) is 31.1 Å². The van der Waals surface area contributed by atoms with Gasteiger partial charge in [0.25, 0.3) is 5.91 Å². The molecule has 5 heteroatoms. The van der Waals surface area contributed by atoms with Gasteiger partial charge in [-0.25, -0.2) is 0 Å². The molecule has 0 N–H and O–H groups in total. The van der Waals surface area contributed by atoms with Crippen LogP contribution in [0.2, 0.25) is 0 Å². The molecule has 1 aliphatic rings. The van der Waals surface area contributed by atoms with E-state index in [2.05, 4.69) is 15.9 Å². The Kier molecular flexibility index (Phi) is 5.41. The van der Waals surface area contributed by atoms with Crippen molar-refractivity contribution in [2.24, 2.45) is 0 Å². The predicted molar refractivity (Wildman–Crippen MR) is 96.3 cm³/mol. The van der Waals surface area contributed by atoms with Crippen molar-refractivity contribution >= 4 is 21.8 Å². The summed E-state index contributed by atoms with van der Waals surface area (Å²) in [5.74, 6) is 1.55. The number of carbonyl (C=O) groups is 1. The molecule has 0 bridgehead atoms. The topological polar surface area (TPSA) is 38.8 Å². The zero-order chi connectivity index (χ0) is 16.9. The quantitative estimate of drug-likeness (QED) is 0.768. The molecule has 0 aliphatic carbocycles. The van der Waals surface area contributed by atoms with Gasteiger partial charge in [0.15, 0.2) is 6.61 Å². The normalized spacial score (nSPS) is 16.9. The number of ether oxygens (including phenoxy) is 2. The highest BCUT2D eigenvalue weighted by Crippen LogP contribution is 2.32. The van der Waals surface area contributed by atoms with E-state index >= 15 is 0 Å². The minimum absolute atomic E-state index is 0.0243. The summed E-state index contributed by atoms with van der Waals surface area (Å²) in [6.45, 7) is 0.841. The average Bonchev–Trinajstić information content (AvgIpc) is 3.11. The maximum atomic E-state index is 12.6. The SMILES string of the molecule is COc1ccc([C@@H]2CCCN2C(=O)COc2ccc(Br)cc2)cc1. The summed E-state index contributed by atoms with van der Waals surface area (Å²) in [6, 6.07) is 15.6. The molecule has 1 heterocycles. The van der Waals surface area contributed by atoms with Crippen molar-refractivity contribution in [2.45, 2.75) is 18.9 Å². The first-order valence-electron chi connectivity index (χ1n) is 7.99. The smallest absolute Gasteiger partial charge is 0.261 e. The number of hydrogen-bond acceptors (Lipinski definition) is 3. The molecule has 0 unspecified atom stereocenters. The first-order valence-corrected chi connectivity index (χ1v) is 8.78. The number of benzene rings is 2. The molecule has 24 heavy (non-hydrogen) atoms. The van der Waals surface area contributed by atoms with Crippen molar-refractivity contribution in [1.82, 2.24) is 4.90 Å². The number of likely N-dealkylation sites (tertiary alicyclic amines) is 1. The molecule has 1 fully saturated rings. The van der Waals surface area contributed by atoms with Gasteiger partial charge in [-0.3, -0.25) is 4.79 Å². The molecule has 0 radical (unpaired) electrons. The lowest BCUT2D eigenvalue weighted by atomic mass is 10.0. The average molecular weight is 390 g/mol. The summed E-state index contributed by atoms with van der Waals surface area (Å²) in [5.41, 5.74) is 1.14. The van der Waals surface area contributed by atoms with Crippen LogP contribution in [0, 0.1) is 0 Å². The number of nitrogens with zero attached hydrogens (tertiary/aromatic N) is 1. The molecule has 1 atom stereocenters. The lowest BCUT2D eigenvalue weighted by Gasteiger charge is -2.25. The second-order valence-electron chi connectivity index (χ2n) is 5.76. The van der Waals surface area contributed by atoms with Crippen molar-refractivity contribution in [1.29, 1.82) is 0 Å². The zero-order valence-electron chi connectivity index (χ0n) is 13.6. The van der Waals surface area contributed by atoms with E-state index in [-0.39, 0.29) is 18.6 Å². The van der Waals surface area contributed by atoms with Crippen LogP contribution < -0.4 is 9.47 Å². The van der Waals surface area contributed by atoms with Gasteiger partial charge < -0.3 is 14.4 Å². The summed E-state index contributed by atoms with van der Waals surface area (Å²) in [5, 5.41) is 0. The van der Waals surface area contributed by atoms with Crippen molar-refractivity contribution in [3.8, 4) is 11.5 Å². The van der Waals surface area contributed by atoms with E-state index in [9.17, 15) is 4.79 Å². The van der Waals surface area contributed by atoms with Crippen molar-refractivity contribution in [3.05, 3.63) is 58.6 Å². The van der Waals surface area contributed by atoms with Gasteiger partial charge in [-0.1, -0.05) is 28.1 Å². The second-order valence-corrected chi connectivity index (χ2v) is 6.68. The molecule has 1 saturated heterocycles. The molecule has 1 amide bonds. The standard InChI is InChI=1S/C19H20BrNO3/c1-23-16-8-4-14(5-9-16)18-3-2-12-21(18)19(22)13-24-17-10-6-15(20)7-11-17/h4-11,18H,2-3,12-13H2,1H3/t18-/m0/s1. The Bertz CT molecular complexity index is 685. The van der Waals surface area contributed by atoms with Crippen molar-refractivity contribution in [2.75, 3.05) is 20.3 Å². The van der Waals surface area contributed by atoms with Crippen LogP contribution in [0.1, 0.15) is 24.4 Å². The third-order valence-electron chi connectivity index (χ3n) is 4.25. The Labute approximate surface area is 150 Å². The van der Waals surface area contributed by atoms with Gasteiger partial charge in [0.2, 0.25) is 0 Å². The van der Waals surface area contributed by atoms with Gasteiger partial charge in [0.05, 0.1) is 13.2 Å². The number of amides is 1. The summed E-state index contributed by atoms with van der Waals surface area (Å²) < 4.78 is 11.8. The largest absolute Gasteiger partial charge is 0.497 e. The molecular weight excluding hydrogens is 370 g/mol. The lowest BCUT2D eigenvalue weighted by molar-refractivity contribution is -0.134. The van der Waals surface area contributed by atoms with Crippen LogP contribution >= 0.6 is 15.9 Å². The predicted octanol–water partition coefficient (Wildman–Crippen LogP) is 4.20. The molecule has 0 saturated carbocycles. The number of hydrogen-bond donors (Lipinski definition) is 0. The lowest BCUT2D eigenvalue weighted by Crippen LogP contribution is -2.34. The van der Waals surface area contributed by atoms with Crippen LogP contribution in [0.15, 0.2) is 53.0 Å². The Morgan fingerprint density at radius 2 is 1.79 bits per heavy atom. The van der Waals surface area contributed by atoms with Gasteiger partial charge in [0, 0.05) is 11.0 Å². The monoisotopic (exact) mass is 389 g/mol. The number of rotatable bonds is 5. The molecular formula is C19H20BrNO3. The van der Waals surface area contributed by atoms with Gasteiger partial charge in [-0.05, 0) is 54.8 Å². The molecule has 1 aliphatic heterocycles. The Morgan fingerprint density at radius 3 is 2.46 bits per heavy atom. The summed E-state index contributed by atoms with van der Waals surface area (Å²) in [7, 11) is 1.65. The van der Waals surface area contributed by atoms with E-state index in [1.165, 1.54) is 0 Å². The third-order valence-corrected chi connectivity index (χ3v) is 4.78. The summed E-state index contributed by atoms with van der Waals surface area (Å²) in [4.78, 5) is 14.5. The van der Waals surface area contributed by atoms with Gasteiger partial charge in [-0.2, -0.15) is 0 Å². The highest BCUT2D eigenvalue weighted by molar-refractivity contribution is 9.10. The Morgan fingerprint density at radius 1 is 1.12 bits per heavy atom. The van der Waals surface area contributed by atoms with Gasteiger partial charge in [-0.15, -0.1) is 0 Å². The van der Waals surface area contributed by atoms with E-state index < -0.39 is 0 Å². The fourth-order valence-electron chi connectivity index (χ4n) is 3.00. The zero-order valence-corrected chi connectivity index (χ0v) is 15.2. The maximum absolute atomic E-state index is 12.6. The minimum Gasteiger partial charge on any atom is -0.497 e. The number of methoxy groups -OCH3 is 1. The summed E-state index contributed by atoms with van der Waals surface area (Å²) in [6.07, 6.45) is 2.00. The first kappa shape index (κ1) is 16.8. The van der Waals surface area contributed by atoms with Gasteiger partial charge >= 0.3 is 0 Å². The number of carbonyl (C=O) groups excluding carboxylic acids is 1. The molecule has 3 rings (SSSR count). The van der Waals surface area contributed by atoms with E-state index in [4.69, 9.17) is 9.47 Å². The highest BCUT2D eigenvalue weighted by Gasteiger charge is 2.30. The fourth-order valence-corrected chi connectivity index (χ4v) is 3.26. The number of halogens is 1. The highest BCUT2D eigenvalue weighted by atomic mass is 79.9. The molecule has 0 aromatic heterocycles. The maximum Gasteiger partial charge on any atom is 0.261 e. The Hall–Kier alpha value is -2.01. The van der Waals surface area contributed by atoms with Gasteiger partial charge in [0.1, 0.15) is 11.5 Å².